The van der Waals surface area contributed by atoms with Crippen molar-refractivity contribution >= 4 is 11.4 Å². The third-order valence-corrected chi connectivity index (χ3v) is 2.84. The number of halogens is 3. The quantitative estimate of drug-likeness (QED) is 0.816. The molecule has 1 aliphatic rings. The van der Waals surface area contributed by atoms with E-state index in [9.17, 15) is 18.0 Å². The van der Waals surface area contributed by atoms with E-state index in [1.165, 1.54) is 10.6 Å². The fourth-order valence-electron chi connectivity index (χ4n) is 1.93. The highest BCUT2D eigenvalue weighted by Crippen LogP contribution is 2.33. The van der Waals surface area contributed by atoms with E-state index in [2.05, 4.69) is 4.98 Å². The number of aromatic nitrogens is 2. The number of rotatable bonds is 2. The van der Waals surface area contributed by atoms with E-state index in [0.717, 1.165) is 6.20 Å². The lowest BCUT2D eigenvalue weighted by Gasteiger charge is -2.11. The maximum absolute atomic E-state index is 12.6. The lowest BCUT2D eigenvalue weighted by molar-refractivity contribution is -0.141. The van der Waals surface area contributed by atoms with E-state index in [4.69, 9.17) is 0 Å². The first kappa shape index (κ1) is 12.9. The van der Waals surface area contributed by atoms with Gasteiger partial charge in [0.05, 0.1) is 0 Å². The Labute approximate surface area is 102 Å². The Bertz CT molecular complexity index is 512. The first-order valence-electron chi connectivity index (χ1n) is 5.69. The zero-order chi connectivity index (χ0) is 13.5. The average Bonchev–Trinajstić information content (AvgIpc) is 2.81. The highest BCUT2D eigenvalue weighted by molar-refractivity contribution is 6.00. The number of alkyl halides is 3. The fraction of sp³-hybridized carbons (Fsp3) is 0.500. The van der Waals surface area contributed by atoms with Gasteiger partial charge in [0.25, 0.3) is 0 Å². The molecule has 0 unspecified atom stereocenters. The van der Waals surface area contributed by atoms with E-state index < -0.39 is 11.9 Å². The summed E-state index contributed by atoms with van der Waals surface area (Å²) in [5.41, 5.74) is -0.323. The van der Waals surface area contributed by atoms with Gasteiger partial charge in [-0.15, -0.1) is 0 Å². The number of carbonyl (C=O) groups excluding carboxylic acids is 1. The summed E-state index contributed by atoms with van der Waals surface area (Å²) < 4.78 is 39.4. The van der Waals surface area contributed by atoms with Crippen LogP contribution < -0.4 is 0 Å². The van der Waals surface area contributed by atoms with Gasteiger partial charge in [-0.1, -0.05) is 0 Å². The minimum Gasteiger partial charge on any atom is -0.328 e. The summed E-state index contributed by atoms with van der Waals surface area (Å²) in [4.78, 5) is 14.8. The summed E-state index contributed by atoms with van der Waals surface area (Å²) >= 11 is 0. The Morgan fingerprint density at radius 3 is 2.44 bits per heavy atom. The fourth-order valence-corrected chi connectivity index (χ4v) is 1.93. The second kappa shape index (κ2) is 4.26. The molecule has 0 aliphatic heterocycles. The molecule has 1 aromatic rings. The van der Waals surface area contributed by atoms with Crippen molar-refractivity contribution in [2.75, 3.05) is 0 Å². The molecule has 1 heterocycles. The molecule has 0 amide bonds. The van der Waals surface area contributed by atoms with Crippen LogP contribution in [0.3, 0.4) is 0 Å². The monoisotopic (exact) mass is 258 g/mol. The van der Waals surface area contributed by atoms with Crippen molar-refractivity contribution in [1.29, 1.82) is 0 Å². The molecule has 98 valence electrons. The van der Waals surface area contributed by atoms with Crippen LogP contribution in [-0.4, -0.2) is 15.3 Å². The topological polar surface area (TPSA) is 34.9 Å². The predicted molar refractivity (Wildman–Crippen MR) is 59.8 cm³/mol. The van der Waals surface area contributed by atoms with Crippen LogP contribution in [0.15, 0.2) is 12.3 Å². The van der Waals surface area contributed by atoms with Crippen LogP contribution >= 0.6 is 0 Å². The van der Waals surface area contributed by atoms with Gasteiger partial charge >= 0.3 is 6.18 Å². The molecule has 18 heavy (non-hydrogen) atoms. The molecule has 1 aromatic heterocycles. The second-order valence-electron chi connectivity index (χ2n) is 4.58. The summed E-state index contributed by atoms with van der Waals surface area (Å²) in [5, 5.41) is 0. The third kappa shape index (κ3) is 2.32. The van der Waals surface area contributed by atoms with Gasteiger partial charge in [-0.2, -0.15) is 13.2 Å². The van der Waals surface area contributed by atoms with Crippen LogP contribution in [0.1, 0.15) is 44.2 Å². The number of nitrogens with zero attached hydrogens (tertiary/aromatic N) is 2. The molecule has 0 N–H and O–H groups in total. The van der Waals surface area contributed by atoms with Crippen LogP contribution in [0.4, 0.5) is 13.2 Å². The normalized spacial score (nSPS) is 16.6. The molecular weight excluding hydrogens is 245 g/mol. The molecule has 0 radical (unpaired) electrons. The number of allylic oxidation sites excluding steroid dienone is 2. The van der Waals surface area contributed by atoms with Crippen molar-refractivity contribution < 1.29 is 18.0 Å². The average molecular weight is 258 g/mol. The van der Waals surface area contributed by atoms with Crippen LogP contribution in [0.25, 0.3) is 5.57 Å². The Morgan fingerprint density at radius 1 is 1.33 bits per heavy atom. The molecule has 1 aliphatic carbocycles. The van der Waals surface area contributed by atoms with Gasteiger partial charge in [-0.3, -0.25) is 4.79 Å². The Balaban J connectivity index is 2.49. The number of hydrogen-bond donors (Lipinski definition) is 0. The van der Waals surface area contributed by atoms with Gasteiger partial charge in [0.2, 0.25) is 0 Å². The molecule has 0 atom stereocenters. The zero-order valence-corrected chi connectivity index (χ0v) is 10.1. The molecule has 2 rings (SSSR count). The van der Waals surface area contributed by atoms with Crippen LogP contribution in [0, 0.1) is 0 Å². The Kier molecular flexibility index (Phi) is 3.04. The van der Waals surface area contributed by atoms with Gasteiger partial charge in [0.15, 0.2) is 11.5 Å². The van der Waals surface area contributed by atoms with E-state index in [1.807, 2.05) is 0 Å². The lowest BCUT2D eigenvalue weighted by Crippen LogP contribution is -2.05. The molecular formula is C12H13F3N2O. The van der Waals surface area contributed by atoms with Crippen LogP contribution in [0.5, 0.6) is 0 Å². The van der Waals surface area contributed by atoms with Crippen molar-refractivity contribution in [2.24, 2.45) is 0 Å². The molecule has 6 heteroatoms. The summed E-state index contributed by atoms with van der Waals surface area (Å²) in [6.07, 6.45) is -1.26. The number of carbonyl (C=O) groups is 1. The summed E-state index contributed by atoms with van der Waals surface area (Å²) in [6, 6.07) is -0.139. The largest absolute Gasteiger partial charge is 0.434 e. The van der Waals surface area contributed by atoms with Crippen molar-refractivity contribution in [3.8, 4) is 0 Å². The van der Waals surface area contributed by atoms with Gasteiger partial charge in [0, 0.05) is 18.7 Å². The maximum Gasteiger partial charge on any atom is 0.434 e. The van der Waals surface area contributed by atoms with Crippen molar-refractivity contribution in [2.45, 2.75) is 38.9 Å². The van der Waals surface area contributed by atoms with E-state index in [1.54, 1.807) is 13.8 Å². The van der Waals surface area contributed by atoms with E-state index in [-0.39, 0.29) is 17.6 Å². The highest BCUT2D eigenvalue weighted by atomic mass is 19.4. The molecule has 0 bridgehead atoms. The molecule has 0 spiro atoms. The molecule has 0 saturated carbocycles. The minimum absolute atomic E-state index is 0.0585. The second-order valence-corrected chi connectivity index (χ2v) is 4.58. The molecule has 3 nitrogen and oxygen atoms in total. The smallest absolute Gasteiger partial charge is 0.328 e. The van der Waals surface area contributed by atoms with Crippen molar-refractivity contribution in [3.63, 3.8) is 0 Å². The maximum atomic E-state index is 12.6. The van der Waals surface area contributed by atoms with Gasteiger partial charge in [-0.05, 0) is 31.9 Å². The van der Waals surface area contributed by atoms with Crippen LogP contribution in [-0.2, 0) is 11.0 Å². The Hall–Kier alpha value is -1.59. The van der Waals surface area contributed by atoms with Gasteiger partial charge in [0.1, 0.15) is 5.82 Å². The number of ketones is 1. The van der Waals surface area contributed by atoms with Crippen molar-refractivity contribution in [3.05, 3.63) is 23.8 Å². The lowest BCUT2D eigenvalue weighted by atomic mass is 10.2. The van der Waals surface area contributed by atoms with Crippen LogP contribution in [0.2, 0.25) is 0 Å². The Morgan fingerprint density at radius 2 is 2.00 bits per heavy atom. The first-order valence-corrected chi connectivity index (χ1v) is 5.69. The number of imidazole rings is 1. The van der Waals surface area contributed by atoms with E-state index >= 15 is 0 Å². The van der Waals surface area contributed by atoms with E-state index in [0.29, 0.717) is 18.4 Å². The molecule has 0 saturated heterocycles. The predicted octanol–water partition coefficient (Wildman–Crippen LogP) is 3.23. The van der Waals surface area contributed by atoms with Gasteiger partial charge < -0.3 is 4.57 Å². The summed E-state index contributed by atoms with van der Waals surface area (Å²) in [6.45, 7) is 3.56. The highest BCUT2D eigenvalue weighted by Gasteiger charge is 2.35. The van der Waals surface area contributed by atoms with Gasteiger partial charge in [-0.25, -0.2) is 4.98 Å². The SMILES string of the molecule is CC(C)n1cc(C(F)(F)F)nc1C1=CC(=O)CC1. The summed E-state index contributed by atoms with van der Waals surface area (Å²) in [7, 11) is 0. The standard InChI is InChI=1S/C12H13F3N2O/c1-7(2)17-6-10(12(13,14)15)16-11(17)8-3-4-9(18)5-8/h5-7H,3-4H2,1-2H3. The first-order chi connectivity index (χ1) is 8.29. The third-order valence-electron chi connectivity index (χ3n) is 2.84. The molecule has 0 aromatic carbocycles. The number of hydrogen-bond acceptors (Lipinski definition) is 2. The zero-order valence-electron chi connectivity index (χ0n) is 10.1. The summed E-state index contributed by atoms with van der Waals surface area (Å²) in [5.74, 6) is 0.194. The minimum atomic E-state index is -4.46. The van der Waals surface area contributed by atoms with Crippen molar-refractivity contribution in [1.82, 2.24) is 9.55 Å². The molecule has 0 fully saturated rings.